The first-order valence-electron chi connectivity index (χ1n) is 8.14. The van der Waals surface area contributed by atoms with Crippen LogP contribution in [-0.4, -0.2) is 51.6 Å². The van der Waals surface area contributed by atoms with Gasteiger partial charge in [0.25, 0.3) is 0 Å². The lowest BCUT2D eigenvalue weighted by atomic mass is 10.1. The molecule has 0 unspecified atom stereocenters. The number of sulfonamides is 2. The second kappa shape index (κ2) is 8.60. The summed E-state index contributed by atoms with van der Waals surface area (Å²) in [4.78, 5) is -0.782. The van der Waals surface area contributed by atoms with Crippen molar-refractivity contribution in [1.29, 1.82) is 10.5 Å². The van der Waals surface area contributed by atoms with Gasteiger partial charge in [-0.2, -0.15) is 19.1 Å². The minimum absolute atomic E-state index is 0.151. The van der Waals surface area contributed by atoms with Crippen molar-refractivity contribution in [3.8, 4) is 12.1 Å². The Kier molecular flexibility index (Phi) is 7.30. The lowest BCUT2D eigenvalue weighted by Gasteiger charge is -2.22. The van der Waals surface area contributed by atoms with Crippen LogP contribution < -0.4 is 0 Å². The first-order valence-corrected chi connectivity index (χ1v) is 11.0. The van der Waals surface area contributed by atoms with Crippen molar-refractivity contribution in [3.63, 3.8) is 0 Å². The molecule has 0 fully saturated rings. The van der Waals surface area contributed by atoms with E-state index in [1.165, 1.54) is 0 Å². The average Bonchev–Trinajstić information content (AvgIpc) is 2.61. The molecule has 1 aromatic rings. The first-order chi connectivity index (χ1) is 12.1. The predicted octanol–water partition coefficient (Wildman–Crippen LogP) is 1.49. The van der Waals surface area contributed by atoms with Crippen LogP contribution in [0.25, 0.3) is 0 Å². The van der Waals surface area contributed by atoms with Crippen LogP contribution >= 0.6 is 0 Å². The van der Waals surface area contributed by atoms with E-state index in [0.717, 1.165) is 20.7 Å². The van der Waals surface area contributed by atoms with Crippen molar-refractivity contribution in [2.24, 2.45) is 0 Å². The van der Waals surface area contributed by atoms with Gasteiger partial charge < -0.3 is 0 Å². The van der Waals surface area contributed by atoms with E-state index in [0.29, 0.717) is 0 Å². The Hall–Kier alpha value is -1.98. The van der Waals surface area contributed by atoms with Gasteiger partial charge in [-0.25, -0.2) is 16.8 Å². The molecule has 1 rings (SSSR count). The molecular weight excluding hydrogens is 376 g/mol. The van der Waals surface area contributed by atoms with Gasteiger partial charge in [0.15, 0.2) is 0 Å². The summed E-state index contributed by atoms with van der Waals surface area (Å²) >= 11 is 0. The zero-order chi connectivity index (χ0) is 20.1. The molecule has 0 radical (unpaired) electrons. The number of nitrogens with zero attached hydrogens (tertiary/aromatic N) is 4. The molecule has 0 atom stereocenters. The molecule has 0 aliphatic carbocycles. The summed E-state index contributed by atoms with van der Waals surface area (Å²) in [6, 6.07) is 5.48. The third-order valence-corrected chi connectivity index (χ3v) is 8.08. The molecule has 0 saturated carbocycles. The molecule has 0 aromatic heterocycles. The SMILES string of the molecule is CCN(CC)S(=O)(=O)c1cc(C#N)c(C#N)c(S(=O)(=O)N(CC)CC)c1. The van der Waals surface area contributed by atoms with Gasteiger partial charge in [0.1, 0.15) is 17.0 Å². The zero-order valence-electron chi connectivity index (χ0n) is 15.2. The molecule has 0 aliphatic rings. The van der Waals surface area contributed by atoms with Gasteiger partial charge in [-0.05, 0) is 12.1 Å². The number of hydrogen-bond donors (Lipinski definition) is 0. The van der Waals surface area contributed by atoms with Crippen LogP contribution in [-0.2, 0) is 20.0 Å². The van der Waals surface area contributed by atoms with Gasteiger partial charge in [-0.1, -0.05) is 27.7 Å². The highest BCUT2D eigenvalue weighted by Crippen LogP contribution is 2.28. The van der Waals surface area contributed by atoms with Crippen LogP contribution in [0.5, 0.6) is 0 Å². The van der Waals surface area contributed by atoms with Gasteiger partial charge in [-0.3, -0.25) is 0 Å². The summed E-state index contributed by atoms with van der Waals surface area (Å²) in [5.41, 5.74) is -0.635. The molecule has 0 aliphatic heterocycles. The molecule has 1 aromatic carbocycles. The number of benzene rings is 1. The quantitative estimate of drug-likeness (QED) is 0.654. The lowest BCUT2D eigenvalue weighted by Crippen LogP contribution is -2.33. The Bertz CT molecular complexity index is 949. The standard InChI is InChI=1S/C16H22N4O4S2/c1-5-19(6-2)25(21,22)14-9-13(11-17)15(12-18)16(10-14)26(23,24)20(7-3)8-4/h9-10H,5-8H2,1-4H3. The van der Waals surface area contributed by atoms with Gasteiger partial charge in [0.05, 0.1) is 16.0 Å². The maximum absolute atomic E-state index is 12.9. The summed E-state index contributed by atoms with van der Waals surface area (Å²) in [5.74, 6) is 0. The summed E-state index contributed by atoms with van der Waals surface area (Å²) in [7, 11) is -8.11. The Morgan fingerprint density at radius 2 is 1.27 bits per heavy atom. The third kappa shape index (κ3) is 3.89. The largest absolute Gasteiger partial charge is 0.244 e. The fraction of sp³-hybridized carbons (Fsp3) is 0.500. The van der Waals surface area contributed by atoms with Crippen LogP contribution in [0.3, 0.4) is 0 Å². The van der Waals surface area contributed by atoms with Gasteiger partial charge in [0, 0.05) is 26.2 Å². The monoisotopic (exact) mass is 398 g/mol. The van der Waals surface area contributed by atoms with E-state index in [1.807, 2.05) is 0 Å². The normalized spacial score (nSPS) is 12.2. The maximum atomic E-state index is 12.9. The minimum atomic E-state index is -4.12. The van der Waals surface area contributed by atoms with E-state index in [9.17, 15) is 27.4 Å². The van der Waals surface area contributed by atoms with E-state index in [-0.39, 0.29) is 42.2 Å². The van der Waals surface area contributed by atoms with E-state index < -0.39 is 24.9 Å². The van der Waals surface area contributed by atoms with Crippen LogP contribution in [0.2, 0.25) is 0 Å². The average molecular weight is 399 g/mol. The Labute approximate surface area is 155 Å². The number of rotatable bonds is 8. The number of nitriles is 2. The molecule has 0 heterocycles. The maximum Gasteiger partial charge on any atom is 0.244 e. The molecule has 10 heteroatoms. The molecule has 0 amide bonds. The molecule has 0 saturated heterocycles. The smallest absolute Gasteiger partial charge is 0.207 e. The van der Waals surface area contributed by atoms with E-state index >= 15 is 0 Å². The Morgan fingerprint density at radius 3 is 1.65 bits per heavy atom. The Morgan fingerprint density at radius 1 is 0.808 bits per heavy atom. The van der Waals surface area contributed by atoms with Crippen molar-refractivity contribution in [1.82, 2.24) is 8.61 Å². The van der Waals surface area contributed by atoms with Crippen molar-refractivity contribution < 1.29 is 16.8 Å². The molecule has 8 nitrogen and oxygen atoms in total. The summed E-state index contributed by atoms with van der Waals surface area (Å²) in [5, 5.41) is 18.7. The van der Waals surface area contributed by atoms with Crippen LogP contribution in [0.4, 0.5) is 0 Å². The van der Waals surface area contributed by atoms with E-state index in [2.05, 4.69) is 0 Å². The first kappa shape index (κ1) is 22.1. The van der Waals surface area contributed by atoms with Gasteiger partial charge >= 0.3 is 0 Å². The molecule has 142 valence electrons. The van der Waals surface area contributed by atoms with Crippen LogP contribution in [0, 0.1) is 22.7 Å². The Balaban J connectivity index is 3.90. The highest BCUT2D eigenvalue weighted by Gasteiger charge is 2.31. The highest BCUT2D eigenvalue weighted by atomic mass is 32.2. The van der Waals surface area contributed by atoms with Crippen molar-refractivity contribution in [2.75, 3.05) is 26.2 Å². The predicted molar refractivity (Wildman–Crippen MR) is 96.1 cm³/mol. The minimum Gasteiger partial charge on any atom is -0.207 e. The topological polar surface area (TPSA) is 122 Å². The molecule has 26 heavy (non-hydrogen) atoms. The summed E-state index contributed by atoms with van der Waals surface area (Å²) in [6.07, 6.45) is 0. The van der Waals surface area contributed by atoms with Gasteiger partial charge in [0.2, 0.25) is 20.0 Å². The van der Waals surface area contributed by atoms with E-state index in [1.54, 1.807) is 39.8 Å². The fourth-order valence-electron chi connectivity index (χ4n) is 2.56. The summed E-state index contributed by atoms with van der Waals surface area (Å²) < 4.78 is 53.6. The second-order valence-electron chi connectivity index (χ2n) is 5.25. The number of hydrogen-bond acceptors (Lipinski definition) is 6. The van der Waals surface area contributed by atoms with Crippen LogP contribution in [0.1, 0.15) is 38.8 Å². The fourth-order valence-corrected chi connectivity index (χ4v) is 5.79. The van der Waals surface area contributed by atoms with Gasteiger partial charge in [-0.15, -0.1) is 0 Å². The summed E-state index contributed by atoms with van der Waals surface area (Å²) in [6.45, 7) is 7.27. The van der Waals surface area contributed by atoms with Crippen LogP contribution in [0.15, 0.2) is 21.9 Å². The molecule has 0 N–H and O–H groups in total. The molecular formula is C16H22N4O4S2. The van der Waals surface area contributed by atoms with Crippen molar-refractivity contribution in [3.05, 3.63) is 23.3 Å². The van der Waals surface area contributed by atoms with E-state index in [4.69, 9.17) is 0 Å². The highest BCUT2D eigenvalue weighted by molar-refractivity contribution is 7.90. The zero-order valence-corrected chi connectivity index (χ0v) is 16.9. The van der Waals surface area contributed by atoms with Crippen molar-refractivity contribution in [2.45, 2.75) is 37.5 Å². The second-order valence-corrected chi connectivity index (χ2v) is 9.09. The third-order valence-electron chi connectivity index (χ3n) is 3.97. The molecule has 0 bridgehead atoms. The molecule has 0 spiro atoms. The van der Waals surface area contributed by atoms with Crippen molar-refractivity contribution >= 4 is 20.0 Å². The lowest BCUT2D eigenvalue weighted by molar-refractivity contribution is 0.443.